The highest BCUT2D eigenvalue weighted by Crippen LogP contribution is 2.34. The summed E-state index contributed by atoms with van der Waals surface area (Å²) in [6, 6.07) is 7.84. The fraction of sp³-hybridized carbons (Fsp3) is 0.600. The normalized spacial score (nSPS) is 18.9. The van der Waals surface area contributed by atoms with Crippen LogP contribution in [0.1, 0.15) is 38.4 Å². The van der Waals surface area contributed by atoms with E-state index in [9.17, 15) is 5.11 Å². The van der Waals surface area contributed by atoms with E-state index in [0.717, 1.165) is 37.2 Å². The molecule has 0 spiro atoms. The maximum atomic E-state index is 10.5. The second-order valence-electron chi connectivity index (χ2n) is 5.24. The Labute approximate surface area is 109 Å². The van der Waals surface area contributed by atoms with E-state index in [2.05, 4.69) is 5.32 Å². The highest BCUT2D eigenvalue weighted by Gasteiger charge is 2.25. The minimum Gasteiger partial charge on any atom is -0.491 e. The lowest BCUT2D eigenvalue weighted by molar-refractivity contribution is 0.0842. The van der Waals surface area contributed by atoms with Crippen LogP contribution in [0.3, 0.4) is 0 Å². The molecule has 18 heavy (non-hydrogen) atoms. The van der Waals surface area contributed by atoms with Crippen molar-refractivity contribution < 1.29 is 9.84 Å². The quantitative estimate of drug-likeness (QED) is 0.861. The van der Waals surface area contributed by atoms with E-state index in [1.54, 1.807) is 0 Å². The van der Waals surface area contributed by atoms with Gasteiger partial charge in [0.2, 0.25) is 0 Å². The van der Waals surface area contributed by atoms with Crippen molar-refractivity contribution in [2.45, 2.75) is 38.9 Å². The van der Waals surface area contributed by atoms with Gasteiger partial charge in [0, 0.05) is 5.56 Å². The van der Waals surface area contributed by atoms with Crippen molar-refractivity contribution in [3.8, 4) is 5.75 Å². The monoisotopic (exact) mass is 249 g/mol. The highest BCUT2D eigenvalue weighted by atomic mass is 16.5. The SMILES string of the molecule is CC(C)Oc1ccccc1C(O)C1CCNCC1. The molecular weight excluding hydrogens is 226 g/mol. The molecule has 1 aromatic rings. The van der Waals surface area contributed by atoms with Gasteiger partial charge in [0.1, 0.15) is 5.75 Å². The van der Waals surface area contributed by atoms with Gasteiger partial charge < -0.3 is 15.2 Å². The molecule has 1 fully saturated rings. The van der Waals surface area contributed by atoms with Crippen LogP contribution in [0.4, 0.5) is 0 Å². The van der Waals surface area contributed by atoms with Crippen molar-refractivity contribution in [2.75, 3.05) is 13.1 Å². The Balaban J connectivity index is 2.15. The highest BCUT2D eigenvalue weighted by molar-refractivity contribution is 5.35. The van der Waals surface area contributed by atoms with Crippen LogP contribution in [0.2, 0.25) is 0 Å². The summed E-state index contributed by atoms with van der Waals surface area (Å²) in [6.45, 7) is 6.01. The molecule has 3 nitrogen and oxygen atoms in total. The number of rotatable bonds is 4. The Bertz CT molecular complexity index is 373. The molecule has 1 heterocycles. The number of hydrogen-bond donors (Lipinski definition) is 2. The van der Waals surface area contributed by atoms with Gasteiger partial charge in [0.15, 0.2) is 0 Å². The molecule has 100 valence electrons. The van der Waals surface area contributed by atoms with Crippen molar-refractivity contribution in [2.24, 2.45) is 5.92 Å². The lowest BCUT2D eigenvalue weighted by Crippen LogP contribution is -2.31. The molecule has 2 rings (SSSR count). The van der Waals surface area contributed by atoms with Crippen LogP contribution in [0.5, 0.6) is 5.75 Å². The fourth-order valence-corrected chi connectivity index (χ4v) is 2.50. The summed E-state index contributed by atoms with van der Waals surface area (Å²) in [6.07, 6.45) is 1.77. The Morgan fingerprint density at radius 1 is 1.22 bits per heavy atom. The predicted octanol–water partition coefficient (Wildman–Crippen LogP) is 2.51. The number of piperidine rings is 1. The number of para-hydroxylation sites is 1. The first-order valence-electron chi connectivity index (χ1n) is 6.83. The average Bonchev–Trinajstić information content (AvgIpc) is 2.39. The van der Waals surface area contributed by atoms with Gasteiger partial charge >= 0.3 is 0 Å². The molecule has 0 radical (unpaired) electrons. The maximum Gasteiger partial charge on any atom is 0.125 e. The number of aliphatic hydroxyl groups excluding tert-OH is 1. The Morgan fingerprint density at radius 3 is 2.56 bits per heavy atom. The first kappa shape index (κ1) is 13.4. The Kier molecular flexibility index (Phi) is 4.61. The third kappa shape index (κ3) is 3.24. The third-order valence-electron chi connectivity index (χ3n) is 3.43. The number of hydrogen-bond acceptors (Lipinski definition) is 3. The van der Waals surface area contributed by atoms with Gasteiger partial charge in [-0.1, -0.05) is 18.2 Å². The van der Waals surface area contributed by atoms with E-state index in [0.29, 0.717) is 5.92 Å². The van der Waals surface area contributed by atoms with Crippen molar-refractivity contribution in [1.82, 2.24) is 5.32 Å². The number of aliphatic hydroxyl groups is 1. The van der Waals surface area contributed by atoms with E-state index >= 15 is 0 Å². The topological polar surface area (TPSA) is 41.5 Å². The third-order valence-corrected chi connectivity index (χ3v) is 3.43. The zero-order valence-electron chi connectivity index (χ0n) is 11.2. The van der Waals surface area contributed by atoms with Crippen molar-refractivity contribution in [1.29, 1.82) is 0 Å². The molecule has 0 aliphatic carbocycles. The Morgan fingerprint density at radius 2 is 1.89 bits per heavy atom. The lowest BCUT2D eigenvalue weighted by Gasteiger charge is -2.28. The molecule has 1 saturated heterocycles. The summed E-state index contributed by atoms with van der Waals surface area (Å²) in [5.74, 6) is 1.15. The molecule has 0 aromatic heterocycles. The number of nitrogens with one attached hydrogen (secondary N) is 1. The van der Waals surface area contributed by atoms with Gasteiger partial charge in [0.25, 0.3) is 0 Å². The summed E-state index contributed by atoms with van der Waals surface area (Å²) in [5, 5.41) is 13.9. The molecule has 1 unspecified atom stereocenters. The van der Waals surface area contributed by atoms with E-state index in [-0.39, 0.29) is 6.10 Å². The molecule has 0 saturated carbocycles. The van der Waals surface area contributed by atoms with Crippen LogP contribution >= 0.6 is 0 Å². The first-order valence-corrected chi connectivity index (χ1v) is 6.83. The first-order chi connectivity index (χ1) is 8.68. The molecule has 1 atom stereocenters. The summed E-state index contributed by atoms with van der Waals surface area (Å²) < 4.78 is 5.78. The van der Waals surface area contributed by atoms with Gasteiger partial charge in [-0.2, -0.15) is 0 Å². The minimum atomic E-state index is -0.415. The molecule has 1 aliphatic heterocycles. The van der Waals surface area contributed by atoms with Crippen molar-refractivity contribution in [3.63, 3.8) is 0 Å². The van der Waals surface area contributed by atoms with Crippen LogP contribution in [-0.4, -0.2) is 24.3 Å². The molecule has 1 aromatic carbocycles. The maximum absolute atomic E-state index is 10.5. The Hall–Kier alpha value is -1.06. The van der Waals surface area contributed by atoms with Gasteiger partial charge in [0.05, 0.1) is 12.2 Å². The van der Waals surface area contributed by atoms with Crippen molar-refractivity contribution in [3.05, 3.63) is 29.8 Å². The van der Waals surface area contributed by atoms with Gasteiger partial charge in [-0.05, 0) is 51.8 Å². The molecule has 1 aliphatic rings. The number of ether oxygens (including phenoxy) is 1. The van der Waals surface area contributed by atoms with Crippen molar-refractivity contribution >= 4 is 0 Å². The smallest absolute Gasteiger partial charge is 0.125 e. The summed E-state index contributed by atoms with van der Waals surface area (Å²) in [5.41, 5.74) is 0.929. The average molecular weight is 249 g/mol. The van der Waals surface area contributed by atoms with Crippen LogP contribution in [-0.2, 0) is 0 Å². The molecule has 3 heteroatoms. The van der Waals surface area contributed by atoms with Gasteiger partial charge in [-0.3, -0.25) is 0 Å². The van der Waals surface area contributed by atoms with Crippen LogP contribution in [0.15, 0.2) is 24.3 Å². The zero-order chi connectivity index (χ0) is 13.0. The standard InChI is InChI=1S/C15H23NO2/c1-11(2)18-14-6-4-3-5-13(14)15(17)12-7-9-16-10-8-12/h3-6,11-12,15-17H,7-10H2,1-2H3. The molecule has 0 amide bonds. The predicted molar refractivity (Wildman–Crippen MR) is 72.8 cm³/mol. The second kappa shape index (κ2) is 6.21. The summed E-state index contributed by atoms with van der Waals surface area (Å²) >= 11 is 0. The number of benzene rings is 1. The molecule has 0 bridgehead atoms. The minimum absolute atomic E-state index is 0.131. The largest absolute Gasteiger partial charge is 0.491 e. The fourth-order valence-electron chi connectivity index (χ4n) is 2.50. The second-order valence-corrected chi connectivity index (χ2v) is 5.24. The zero-order valence-corrected chi connectivity index (χ0v) is 11.2. The van der Waals surface area contributed by atoms with Gasteiger partial charge in [-0.25, -0.2) is 0 Å². The van der Waals surface area contributed by atoms with E-state index in [4.69, 9.17) is 4.74 Å². The summed E-state index contributed by atoms with van der Waals surface area (Å²) in [4.78, 5) is 0. The van der Waals surface area contributed by atoms with Crippen LogP contribution in [0, 0.1) is 5.92 Å². The molecular formula is C15H23NO2. The van der Waals surface area contributed by atoms with Crippen LogP contribution < -0.4 is 10.1 Å². The van der Waals surface area contributed by atoms with Crippen LogP contribution in [0.25, 0.3) is 0 Å². The van der Waals surface area contributed by atoms with E-state index in [1.165, 1.54) is 0 Å². The van der Waals surface area contributed by atoms with E-state index < -0.39 is 6.10 Å². The van der Waals surface area contributed by atoms with Gasteiger partial charge in [-0.15, -0.1) is 0 Å². The molecule has 2 N–H and O–H groups in total. The van der Waals surface area contributed by atoms with E-state index in [1.807, 2.05) is 38.1 Å². The summed E-state index contributed by atoms with van der Waals surface area (Å²) in [7, 11) is 0. The lowest BCUT2D eigenvalue weighted by atomic mass is 9.88.